The molecule has 88 valence electrons. The molecule has 2 atom stereocenters. The van der Waals surface area contributed by atoms with Crippen LogP contribution in [-0.4, -0.2) is 48.8 Å². The number of carboxylic acids is 1. The summed E-state index contributed by atoms with van der Waals surface area (Å²) in [6.45, 7) is 0.635. The van der Waals surface area contributed by atoms with Gasteiger partial charge in [-0.3, -0.25) is 4.79 Å². The second kappa shape index (κ2) is 6.08. The van der Waals surface area contributed by atoms with Gasteiger partial charge in [-0.25, -0.2) is 0 Å². The first-order valence-electron chi connectivity index (χ1n) is 5.58. The van der Waals surface area contributed by atoms with Gasteiger partial charge in [-0.1, -0.05) is 0 Å². The minimum atomic E-state index is -0.721. The molecule has 1 saturated carbocycles. The highest BCUT2D eigenvalue weighted by Crippen LogP contribution is 2.24. The number of ether oxygens (including phenoxy) is 1. The average molecular weight is 215 g/mol. The normalized spacial score (nSPS) is 26.9. The third kappa shape index (κ3) is 4.18. The van der Waals surface area contributed by atoms with Gasteiger partial charge in [0.2, 0.25) is 0 Å². The molecule has 0 aliphatic heterocycles. The quantitative estimate of drug-likeness (QED) is 0.752. The van der Waals surface area contributed by atoms with E-state index in [4.69, 9.17) is 9.84 Å². The zero-order valence-electron chi connectivity index (χ0n) is 9.61. The monoisotopic (exact) mass is 215 g/mol. The average Bonchev–Trinajstić information content (AvgIpc) is 2.26. The lowest BCUT2D eigenvalue weighted by Gasteiger charge is -2.34. The highest BCUT2D eigenvalue weighted by Gasteiger charge is 2.24. The van der Waals surface area contributed by atoms with Crippen LogP contribution in [-0.2, 0) is 9.53 Å². The van der Waals surface area contributed by atoms with Gasteiger partial charge in [0.15, 0.2) is 0 Å². The Hall–Kier alpha value is -0.610. The molecule has 1 aliphatic carbocycles. The van der Waals surface area contributed by atoms with Crippen LogP contribution in [0.5, 0.6) is 0 Å². The van der Waals surface area contributed by atoms with Crippen molar-refractivity contribution in [1.82, 2.24) is 4.90 Å². The molecule has 0 aromatic heterocycles. The Morgan fingerprint density at radius 3 is 2.87 bits per heavy atom. The maximum Gasteiger partial charge on any atom is 0.304 e. The number of methoxy groups -OCH3 is 1. The zero-order chi connectivity index (χ0) is 11.3. The van der Waals surface area contributed by atoms with E-state index in [2.05, 4.69) is 4.90 Å². The van der Waals surface area contributed by atoms with Gasteiger partial charge in [0.05, 0.1) is 12.5 Å². The maximum absolute atomic E-state index is 10.5. The lowest BCUT2D eigenvalue weighted by Crippen LogP contribution is -2.39. The highest BCUT2D eigenvalue weighted by atomic mass is 16.5. The predicted molar refractivity (Wildman–Crippen MR) is 57.9 cm³/mol. The molecule has 0 radical (unpaired) electrons. The van der Waals surface area contributed by atoms with Gasteiger partial charge in [0.25, 0.3) is 0 Å². The lowest BCUT2D eigenvalue weighted by atomic mass is 9.92. The molecule has 1 fully saturated rings. The maximum atomic E-state index is 10.5. The minimum Gasteiger partial charge on any atom is -0.481 e. The van der Waals surface area contributed by atoms with Crippen LogP contribution < -0.4 is 0 Å². The molecule has 1 N–H and O–H groups in total. The van der Waals surface area contributed by atoms with Crippen LogP contribution in [0, 0.1) is 0 Å². The van der Waals surface area contributed by atoms with E-state index in [1.807, 2.05) is 7.05 Å². The Kier molecular flexibility index (Phi) is 5.05. The summed E-state index contributed by atoms with van der Waals surface area (Å²) in [5.74, 6) is -0.721. The van der Waals surface area contributed by atoms with Crippen molar-refractivity contribution in [3.8, 4) is 0 Å². The summed E-state index contributed by atoms with van der Waals surface area (Å²) < 4.78 is 5.35. The van der Waals surface area contributed by atoms with Crippen LogP contribution in [0.3, 0.4) is 0 Å². The van der Waals surface area contributed by atoms with Gasteiger partial charge in [-0.15, -0.1) is 0 Å². The fourth-order valence-electron chi connectivity index (χ4n) is 2.19. The van der Waals surface area contributed by atoms with Gasteiger partial charge < -0.3 is 14.7 Å². The van der Waals surface area contributed by atoms with Crippen LogP contribution in [0.4, 0.5) is 0 Å². The molecule has 0 amide bonds. The molecule has 4 heteroatoms. The number of carbonyl (C=O) groups is 1. The van der Waals surface area contributed by atoms with Crippen LogP contribution in [0.15, 0.2) is 0 Å². The molecule has 4 nitrogen and oxygen atoms in total. The molecular weight excluding hydrogens is 194 g/mol. The predicted octanol–water partition coefficient (Wildman–Crippen LogP) is 1.35. The summed E-state index contributed by atoms with van der Waals surface area (Å²) in [4.78, 5) is 12.6. The molecule has 0 saturated heterocycles. The van der Waals surface area contributed by atoms with E-state index in [-0.39, 0.29) is 6.42 Å². The number of rotatable bonds is 5. The Morgan fingerprint density at radius 1 is 1.53 bits per heavy atom. The van der Waals surface area contributed by atoms with Gasteiger partial charge in [0, 0.05) is 19.7 Å². The molecule has 0 bridgehead atoms. The van der Waals surface area contributed by atoms with Crippen molar-refractivity contribution in [2.75, 3.05) is 20.7 Å². The number of hydrogen-bond acceptors (Lipinski definition) is 3. The molecule has 1 rings (SSSR count). The smallest absolute Gasteiger partial charge is 0.304 e. The molecule has 2 unspecified atom stereocenters. The van der Waals surface area contributed by atoms with Gasteiger partial charge in [-0.05, 0) is 32.7 Å². The summed E-state index contributed by atoms with van der Waals surface area (Å²) in [7, 11) is 3.76. The fourth-order valence-corrected chi connectivity index (χ4v) is 2.19. The third-order valence-electron chi connectivity index (χ3n) is 3.23. The van der Waals surface area contributed by atoms with Crippen molar-refractivity contribution < 1.29 is 14.6 Å². The van der Waals surface area contributed by atoms with Crippen molar-refractivity contribution >= 4 is 5.97 Å². The Labute approximate surface area is 91.2 Å². The number of nitrogens with zero attached hydrogens (tertiary/aromatic N) is 1. The summed E-state index contributed by atoms with van der Waals surface area (Å²) in [5, 5.41) is 8.61. The topological polar surface area (TPSA) is 49.8 Å². The van der Waals surface area contributed by atoms with E-state index in [0.717, 1.165) is 19.3 Å². The number of carboxylic acid groups (broad SMARTS) is 1. The molecule has 0 aromatic carbocycles. The van der Waals surface area contributed by atoms with E-state index >= 15 is 0 Å². The van der Waals surface area contributed by atoms with Crippen molar-refractivity contribution in [3.05, 3.63) is 0 Å². The second-order valence-electron chi connectivity index (χ2n) is 4.30. The van der Waals surface area contributed by atoms with Crippen LogP contribution in [0.1, 0.15) is 32.1 Å². The van der Waals surface area contributed by atoms with Gasteiger partial charge in [0.1, 0.15) is 0 Å². The molecule has 1 aliphatic rings. The summed E-state index contributed by atoms with van der Waals surface area (Å²) in [6, 6.07) is 0.489. The Morgan fingerprint density at radius 2 is 2.27 bits per heavy atom. The lowest BCUT2D eigenvalue weighted by molar-refractivity contribution is -0.137. The van der Waals surface area contributed by atoms with E-state index in [1.165, 1.54) is 6.42 Å². The van der Waals surface area contributed by atoms with Crippen molar-refractivity contribution in [2.24, 2.45) is 0 Å². The SMILES string of the molecule is COC1CCCC(N(C)CCC(=O)O)C1. The van der Waals surface area contributed by atoms with Crippen molar-refractivity contribution in [2.45, 2.75) is 44.2 Å². The van der Waals surface area contributed by atoms with Crippen LogP contribution >= 0.6 is 0 Å². The fraction of sp³-hybridized carbons (Fsp3) is 0.909. The summed E-state index contributed by atoms with van der Waals surface area (Å²) >= 11 is 0. The Bertz CT molecular complexity index is 208. The first-order valence-corrected chi connectivity index (χ1v) is 5.58. The highest BCUT2D eigenvalue weighted by molar-refractivity contribution is 5.66. The van der Waals surface area contributed by atoms with Crippen molar-refractivity contribution in [3.63, 3.8) is 0 Å². The molecule has 15 heavy (non-hydrogen) atoms. The van der Waals surface area contributed by atoms with Gasteiger partial charge in [-0.2, -0.15) is 0 Å². The number of hydrogen-bond donors (Lipinski definition) is 1. The Balaban J connectivity index is 2.31. The van der Waals surface area contributed by atoms with Gasteiger partial charge >= 0.3 is 5.97 Å². The standard InChI is InChI=1S/C11H21NO3/c1-12(7-6-11(13)14)9-4-3-5-10(8-9)15-2/h9-10H,3-8H2,1-2H3,(H,13,14). The second-order valence-corrected chi connectivity index (χ2v) is 4.30. The third-order valence-corrected chi connectivity index (χ3v) is 3.23. The summed E-state index contributed by atoms with van der Waals surface area (Å²) in [6.07, 6.45) is 5.10. The van der Waals surface area contributed by atoms with E-state index in [1.54, 1.807) is 7.11 Å². The first-order chi connectivity index (χ1) is 7.13. The number of aliphatic carboxylic acids is 1. The van der Waals surface area contributed by atoms with E-state index in [9.17, 15) is 4.79 Å². The molecule has 0 spiro atoms. The molecule has 0 heterocycles. The van der Waals surface area contributed by atoms with Crippen LogP contribution in [0.25, 0.3) is 0 Å². The zero-order valence-corrected chi connectivity index (χ0v) is 9.61. The van der Waals surface area contributed by atoms with E-state index < -0.39 is 5.97 Å². The largest absolute Gasteiger partial charge is 0.481 e. The van der Waals surface area contributed by atoms with Crippen LogP contribution in [0.2, 0.25) is 0 Å². The first kappa shape index (κ1) is 12.5. The molecule has 0 aromatic rings. The molecular formula is C11H21NO3. The summed E-state index contributed by atoms with van der Waals surface area (Å²) in [5.41, 5.74) is 0. The van der Waals surface area contributed by atoms with Crippen molar-refractivity contribution in [1.29, 1.82) is 0 Å². The van der Waals surface area contributed by atoms with E-state index in [0.29, 0.717) is 18.7 Å². The minimum absolute atomic E-state index is 0.227.